The maximum atomic E-state index is 11.9. The molecule has 4 fully saturated rings. The minimum absolute atomic E-state index is 0.0256. The number of hydrogen-bond donors (Lipinski definition) is 0. The smallest absolute Gasteiger partial charge is 0.332 e. The standard InChI is InChI=1S/C21H31N5O4/c1-16-17(26(27)28)18(24-10-12-29-20(14-24)6-2-3-7-20)23-19(22-16)25-11-13-30-21(15-25)8-4-5-9-21/h2-15H2,1H3. The van der Waals surface area contributed by atoms with Crippen LogP contribution in [-0.4, -0.2) is 65.5 Å². The molecular weight excluding hydrogens is 386 g/mol. The molecule has 2 aliphatic heterocycles. The zero-order chi connectivity index (χ0) is 20.8. The van der Waals surface area contributed by atoms with E-state index in [-0.39, 0.29) is 21.8 Å². The number of hydrogen-bond acceptors (Lipinski definition) is 8. The van der Waals surface area contributed by atoms with Gasteiger partial charge in [0.15, 0.2) is 0 Å². The molecule has 164 valence electrons. The second-order valence-electron chi connectivity index (χ2n) is 9.36. The van der Waals surface area contributed by atoms with Crippen LogP contribution in [0.4, 0.5) is 17.5 Å². The highest BCUT2D eigenvalue weighted by atomic mass is 16.6. The first-order valence-electron chi connectivity index (χ1n) is 11.3. The van der Waals surface area contributed by atoms with E-state index in [1.165, 1.54) is 12.8 Å². The lowest BCUT2D eigenvalue weighted by molar-refractivity contribution is -0.385. The number of ether oxygens (including phenoxy) is 2. The van der Waals surface area contributed by atoms with Crippen molar-refractivity contribution in [1.82, 2.24) is 9.97 Å². The van der Waals surface area contributed by atoms with Gasteiger partial charge in [-0.3, -0.25) is 10.1 Å². The largest absolute Gasteiger partial charge is 0.371 e. The Morgan fingerprint density at radius 1 is 0.900 bits per heavy atom. The van der Waals surface area contributed by atoms with Gasteiger partial charge in [-0.15, -0.1) is 0 Å². The molecule has 1 aromatic rings. The number of rotatable bonds is 3. The van der Waals surface area contributed by atoms with Crippen molar-refractivity contribution in [3.8, 4) is 0 Å². The molecule has 3 heterocycles. The monoisotopic (exact) mass is 417 g/mol. The Bertz CT molecular complexity index is 820. The lowest BCUT2D eigenvalue weighted by atomic mass is 9.99. The van der Waals surface area contributed by atoms with Crippen LogP contribution in [0, 0.1) is 17.0 Å². The van der Waals surface area contributed by atoms with Crippen molar-refractivity contribution in [3.63, 3.8) is 0 Å². The third-order valence-electron chi connectivity index (χ3n) is 7.32. The van der Waals surface area contributed by atoms with Gasteiger partial charge in [-0.25, -0.2) is 4.98 Å². The van der Waals surface area contributed by atoms with E-state index in [0.29, 0.717) is 50.3 Å². The maximum absolute atomic E-state index is 11.9. The predicted octanol–water partition coefficient (Wildman–Crippen LogP) is 2.99. The molecule has 0 N–H and O–H groups in total. The lowest BCUT2D eigenvalue weighted by Crippen LogP contribution is -2.52. The topological polar surface area (TPSA) is 93.9 Å². The molecule has 4 aliphatic rings. The van der Waals surface area contributed by atoms with Gasteiger partial charge in [0, 0.05) is 26.2 Å². The van der Waals surface area contributed by atoms with Crippen molar-refractivity contribution in [2.45, 2.75) is 69.5 Å². The van der Waals surface area contributed by atoms with Crippen molar-refractivity contribution in [2.75, 3.05) is 49.2 Å². The third kappa shape index (κ3) is 3.51. The second-order valence-corrected chi connectivity index (χ2v) is 9.36. The number of nitrogens with zero attached hydrogens (tertiary/aromatic N) is 5. The third-order valence-corrected chi connectivity index (χ3v) is 7.32. The van der Waals surface area contributed by atoms with Gasteiger partial charge >= 0.3 is 5.69 Å². The lowest BCUT2D eigenvalue weighted by Gasteiger charge is -2.42. The number of aryl methyl sites for hydroxylation is 1. The molecule has 5 rings (SSSR count). The summed E-state index contributed by atoms with van der Waals surface area (Å²) in [5.74, 6) is 1.04. The first-order valence-corrected chi connectivity index (χ1v) is 11.3. The highest BCUT2D eigenvalue weighted by Crippen LogP contribution is 2.41. The second kappa shape index (κ2) is 7.60. The van der Waals surface area contributed by atoms with Gasteiger partial charge in [0.25, 0.3) is 0 Å². The van der Waals surface area contributed by atoms with Gasteiger partial charge in [-0.2, -0.15) is 4.98 Å². The van der Waals surface area contributed by atoms with E-state index in [4.69, 9.17) is 14.5 Å². The predicted molar refractivity (Wildman–Crippen MR) is 112 cm³/mol. The summed E-state index contributed by atoms with van der Waals surface area (Å²) in [6.45, 7) is 5.71. The van der Waals surface area contributed by atoms with E-state index < -0.39 is 0 Å². The van der Waals surface area contributed by atoms with E-state index >= 15 is 0 Å². The average molecular weight is 418 g/mol. The Kier molecular flexibility index (Phi) is 5.05. The first-order chi connectivity index (χ1) is 14.5. The molecule has 0 aromatic carbocycles. The minimum Gasteiger partial charge on any atom is -0.371 e. The van der Waals surface area contributed by atoms with Crippen LogP contribution in [0.5, 0.6) is 0 Å². The van der Waals surface area contributed by atoms with Crippen LogP contribution >= 0.6 is 0 Å². The summed E-state index contributed by atoms with van der Waals surface area (Å²) in [5.41, 5.74) is 0.166. The molecule has 0 amide bonds. The van der Waals surface area contributed by atoms with E-state index in [1.807, 2.05) is 0 Å². The van der Waals surface area contributed by atoms with E-state index in [2.05, 4.69) is 14.8 Å². The Morgan fingerprint density at radius 3 is 2.00 bits per heavy atom. The van der Waals surface area contributed by atoms with Crippen molar-refractivity contribution in [3.05, 3.63) is 15.8 Å². The molecule has 9 nitrogen and oxygen atoms in total. The molecule has 0 atom stereocenters. The molecular formula is C21H31N5O4. The van der Waals surface area contributed by atoms with Crippen LogP contribution in [0.3, 0.4) is 0 Å². The van der Waals surface area contributed by atoms with Crippen LogP contribution in [0.2, 0.25) is 0 Å². The normalized spacial score (nSPS) is 25.4. The van der Waals surface area contributed by atoms with E-state index in [0.717, 1.165) is 45.1 Å². The zero-order valence-electron chi connectivity index (χ0n) is 17.8. The van der Waals surface area contributed by atoms with Gasteiger partial charge in [0.05, 0.1) is 29.3 Å². The van der Waals surface area contributed by atoms with Crippen LogP contribution in [0.25, 0.3) is 0 Å². The maximum Gasteiger partial charge on any atom is 0.332 e. The first kappa shape index (κ1) is 19.9. The van der Waals surface area contributed by atoms with Gasteiger partial charge < -0.3 is 19.3 Å². The van der Waals surface area contributed by atoms with Gasteiger partial charge in [-0.05, 0) is 32.6 Å². The molecule has 1 aromatic heterocycles. The molecule has 0 radical (unpaired) electrons. The molecule has 2 saturated carbocycles. The highest BCUT2D eigenvalue weighted by molar-refractivity contribution is 5.63. The van der Waals surface area contributed by atoms with Gasteiger partial charge in [0.1, 0.15) is 5.69 Å². The summed E-state index contributed by atoms with van der Waals surface area (Å²) in [6, 6.07) is 0. The minimum atomic E-state index is -0.330. The Hall–Kier alpha value is -2.00. The van der Waals surface area contributed by atoms with Crippen molar-refractivity contribution in [2.24, 2.45) is 0 Å². The number of aromatic nitrogens is 2. The van der Waals surface area contributed by atoms with Gasteiger partial charge in [0.2, 0.25) is 11.8 Å². The fourth-order valence-electron chi connectivity index (χ4n) is 5.80. The Balaban J connectivity index is 1.48. The summed E-state index contributed by atoms with van der Waals surface area (Å²) >= 11 is 0. The fraction of sp³-hybridized carbons (Fsp3) is 0.810. The molecule has 2 spiro atoms. The molecule has 9 heteroatoms. The summed E-state index contributed by atoms with van der Waals surface area (Å²) in [6.07, 6.45) is 8.84. The SMILES string of the molecule is Cc1nc(N2CCOC3(CCCC3)C2)nc(N2CCOC3(CCCC3)C2)c1[N+](=O)[O-]. The van der Waals surface area contributed by atoms with E-state index in [9.17, 15) is 10.1 Å². The Labute approximate surface area is 176 Å². The van der Waals surface area contributed by atoms with Crippen molar-refractivity contribution >= 4 is 17.5 Å². The quantitative estimate of drug-likeness (QED) is 0.547. The zero-order valence-corrected chi connectivity index (χ0v) is 17.8. The Morgan fingerprint density at radius 2 is 1.43 bits per heavy atom. The molecule has 2 saturated heterocycles. The van der Waals surface area contributed by atoms with Crippen molar-refractivity contribution in [1.29, 1.82) is 0 Å². The summed E-state index contributed by atoms with van der Waals surface area (Å²) in [7, 11) is 0. The highest BCUT2D eigenvalue weighted by Gasteiger charge is 2.43. The summed E-state index contributed by atoms with van der Waals surface area (Å²) < 4.78 is 12.3. The molecule has 2 aliphatic carbocycles. The van der Waals surface area contributed by atoms with Gasteiger partial charge in [-0.1, -0.05) is 25.7 Å². The van der Waals surface area contributed by atoms with Crippen LogP contribution in [0.1, 0.15) is 57.1 Å². The number of morpholine rings is 2. The van der Waals surface area contributed by atoms with Crippen LogP contribution < -0.4 is 9.80 Å². The number of anilines is 2. The summed E-state index contributed by atoms with van der Waals surface area (Å²) in [5, 5.41) is 11.9. The van der Waals surface area contributed by atoms with Crippen molar-refractivity contribution < 1.29 is 14.4 Å². The molecule has 0 unspecified atom stereocenters. The van der Waals surface area contributed by atoms with E-state index in [1.54, 1.807) is 6.92 Å². The van der Waals surface area contributed by atoms with Crippen LogP contribution in [-0.2, 0) is 9.47 Å². The number of nitro groups is 1. The van der Waals surface area contributed by atoms with Crippen LogP contribution in [0.15, 0.2) is 0 Å². The fourth-order valence-corrected chi connectivity index (χ4v) is 5.80. The summed E-state index contributed by atoms with van der Waals surface area (Å²) in [4.78, 5) is 25.2. The molecule has 0 bridgehead atoms. The molecule has 30 heavy (non-hydrogen) atoms. The average Bonchev–Trinajstić information content (AvgIpc) is 3.37.